The van der Waals surface area contributed by atoms with Crippen LogP contribution in [-0.4, -0.2) is 22.5 Å². The lowest BCUT2D eigenvalue weighted by molar-refractivity contribution is 0.0948. The molecule has 0 aliphatic heterocycles. The number of nitrogens with zero attached hydrogens (tertiary/aromatic N) is 1. The lowest BCUT2D eigenvalue weighted by atomic mass is 10.1. The molecule has 7 nitrogen and oxygen atoms in total. The Morgan fingerprint density at radius 3 is 2.79 bits per heavy atom. The lowest BCUT2D eigenvalue weighted by Crippen LogP contribution is -2.22. The molecule has 0 atom stereocenters. The van der Waals surface area contributed by atoms with Gasteiger partial charge in [0.2, 0.25) is 0 Å². The number of carbonyl (C=O) groups is 1. The number of aromatic amines is 1. The molecule has 1 amide bonds. The smallest absolute Gasteiger partial charge is 0.254 e. The molecule has 0 unspecified atom stereocenters. The molecular weight excluding hydrogens is 358 g/mol. The monoisotopic (exact) mass is 381 g/mol. The van der Waals surface area contributed by atoms with Crippen molar-refractivity contribution in [1.29, 1.82) is 0 Å². The molecule has 28 heavy (non-hydrogen) atoms. The number of ether oxygens (including phenoxy) is 1. The van der Waals surface area contributed by atoms with E-state index in [1.165, 1.54) is 0 Å². The van der Waals surface area contributed by atoms with Crippen molar-refractivity contribution in [1.82, 2.24) is 15.3 Å². The van der Waals surface area contributed by atoms with Crippen molar-refractivity contribution in [3.05, 3.63) is 69.5 Å². The molecule has 2 N–H and O–H groups in total. The van der Waals surface area contributed by atoms with E-state index in [9.17, 15) is 9.59 Å². The maximum absolute atomic E-state index is 12.6. The molecule has 0 fully saturated rings. The van der Waals surface area contributed by atoms with Crippen molar-refractivity contribution in [3.8, 4) is 17.1 Å². The molecule has 0 spiro atoms. The Bertz CT molecular complexity index is 1020. The van der Waals surface area contributed by atoms with Gasteiger partial charge in [-0.25, -0.2) is 4.98 Å². The first-order valence-corrected chi connectivity index (χ1v) is 9.15. The largest absolute Gasteiger partial charge is 0.493 e. The highest BCUT2D eigenvalue weighted by Crippen LogP contribution is 2.29. The fraction of sp³-hybridized carbons (Fsp3) is 0.286. The molecule has 0 aliphatic carbocycles. The molecule has 0 radical (unpaired) electrons. The predicted molar refractivity (Wildman–Crippen MR) is 105 cm³/mol. The van der Waals surface area contributed by atoms with E-state index in [1.807, 2.05) is 6.92 Å². The van der Waals surface area contributed by atoms with Gasteiger partial charge in [0.25, 0.3) is 11.5 Å². The standard InChI is InChI=1S/C21H23N3O4/c1-4-9-28-18-8-7-15(21(26)22-12-16-6-5-10-27-16)11-17(18)19-23-14(3)13(2)20(25)24-19/h5-8,10-11H,4,9,12H2,1-3H3,(H,22,26)(H,23,24,25). The van der Waals surface area contributed by atoms with Gasteiger partial charge in [-0.15, -0.1) is 0 Å². The molecule has 3 aromatic rings. The summed E-state index contributed by atoms with van der Waals surface area (Å²) in [7, 11) is 0. The molecule has 2 heterocycles. The Kier molecular flexibility index (Phi) is 5.93. The van der Waals surface area contributed by atoms with E-state index in [4.69, 9.17) is 9.15 Å². The maximum atomic E-state index is 12.6. The van der Waals surface area contributed by atoms with E-state index < -0.39 is 0 Å². The summed E-state index contributed by atoms with van der Waals surface area (Å²) in [5.41, 5.74) is 1.99. The van der Waals surface area contributed by atoms with Gasteiger partial charge in [-0.05, 0) is 50.6 Å². The van der Waals surface area contributed by atoms with Crippen molar-refractivity contribution in [2.24, 2.45) is 0 Å². The van der Waals surface area contributed by atoms with Crippen molar-refractivity contribution in [2.75, 3.05) is 6.61 Å². The number of H-pyrrole nitrogens is 1. The van der Waals surface area contributed by atoms with Gasteiger partial charge in [0.15, 0.2) is 0 Å². The zero-order valence-corrected chi connectivity index (χ0v) is 16.2. The summed E-state index contributed by atoms with van der Waals surface area (Å²) in [4.78, 5) is 32.0. The molecule has 1 aromatic carbocycles. The number of hydrogen-bond acceptors (Lipinski definition) is 5. The van der Waals surface area contributed by atoms with Crippen molar-refractivity contribution in [2.45, 2.75) is 33.7 Å². The number of rotatable bonds is 7. The molecule has 3 rings (SSSR count). The van der Waals surface area contributed by atoms with Gasteiger partial charge in [-0.1, -0.05) is 6.92 Å². The highest BCUT2D eigenvalue weighted by Gasteiger charge is 2.15. The number of amides is 1. The van der Waals surface area contributed by atoms with Crippen LogP contribution in [-0.2, 0) is 6.54 Å². The highest BCUT2D eigenvalue weighted by atomic mass is 16.5. The first kappa shape index (κ1) is 19.4. The van der Waals surface area contributed by atoms with E-state index in [1.54, 1.807) is 50.4 Å². The van der Waals surface area contributed by atoms with Gasteiger partial charge in [0.05, 0.1) is 25.0 Å². The number of furan rings is 1. The number of aryl methyl sites for hydroxylation is 1. The molecule has 0 bridgehead atoms. The maximum Gasteiger partial charge on any atom is 0.254 e. The topological polar surface area (TPSA) is 97.2 Å². The van der Waals surface area contributed by atoms with Crippen molar-refractivity contribution in [3.63, 3.8) is 0 Å². The first-order chi connectivity index (χ1) is 13.5. The molecule has 2 aromatic heterocycles. The van der Waals surface area contributed by atoms with Gasteiger partial charge in [-0.3, -0.25) is 9.59 Å². The van der Waals surface area contributed by atoms with E-state index in [2.05, 4.69) is 15.3 Å². The van der Waals surface area contributed by atoms with E-state index in [0.29, 0.717) is 46.3 Å². The second kappa shape index (κ2) is 8.56. The van der Waals surface area contributed by atoms with Crippen LogP contribution in [0.25, 0.3) is 11.4 Å². The summed E-state index contributed by atoms with van der Waals surface area (Å²) in [6.45, 7) is 6.31. The number of hydrogen-bond donors (Lipinski definition) is 2. The minimum Gasteiger partial charge on any atom is -0.493 e. The Balaban J connectivity index is 1.95. The minimum absolute atomic E-state index is 0.211. The third-order valence-corrected chi connectivity index (χ3v) is 4.36. The average molecular weight is 381 g/mol. The van der Waals surface area contributed by atoms with E-state index in [-0.39, 0.29) is 18.0 Å². The zero-order valence-electron chi connectivity index (χ0n) is 16.2. The van der Waals surface area contributed by atoms with Gasteiger partial charge in [0.1, 0.15) is 17.3 Å². The molecule has 0 aliphatic rings. The van der Waals surface area contributed by atoms with Crippen LogP contribution in [0, 0.1) is 13.8 Å². The first-order valence-electron chi connectivity index (χ1n) is 9.15. The average Bonchev–Trinajstić information content (AvgIpc) is 3.21. The van der Waals surface area contributed by atoms with Crippen molar-refractivity contribution >= 4 is 5.91 Å². The summed E-state index contributed by atoms with van der Waals surface area (Å²) >= 11 is 0. The Morgan fingerprint density at radius 2 is 2.11 bits per heavy atom. The summed E-state index contributed by atoms with van der Waals surface area (Å²) < 4.78 is 11.0. The van der Waals surface area contributed by atoms with Crippen LogP contribution < -0.4 is 15.6 Å². The summed E-state index contributed by atoms with van der Waals surface area (Å²) in [6, 6.07) is 8.64. The van der Waals surface area contributed by atoms with Crippen LogP contribution >= 0.6 is 0 Å². The molecule has 0 saturated carbocycles. The molecule has 0 saturated heterocycles. The van der Waals surface area contributed by atoms with Crippen LogP contribution in [0.15, 0.2) is 45.8 Å². The fourth-order valence-electron chi connectivity index (χ4n) is 2.65. The number of benzene rings is 1. The molecule has 146 valence electrons. The Labute approximate surface area is 162 Å². The number of aromatic nitrogens is 2. The van der Waals surface area contributed by atoms with Crippen LogP contribution in [0.2, 0.25) is 0 Å². The van der Waals surface area contributed by atoms with E-state index >= 15 is 0 Å². The van der Waals surface area contributed by atoms with Gasteiger partial charge in [0, 0.05) is 16.8 Å². The summed E-state index contributed by atoms with van der Waals surface area (Å²) in [5, 5.41) is 2.81. The second-order valence-corrected chi connectivity index (χ2v) is 6.45. The quantitative estimate of drug-likeness (QED) is 0.654. The number of carbonyl (C=O) groups excluding carboxylic acids is 1. The lowest BCUT2D eigenvalue weighted by Gasteiger charge is -2.13. The predicted octanol–water partition coefficient (Wildman–Crippen LogP) is 3.37. The number of nitrogens with one attached hydrogen (secondary N) is 2. The highest BCUT2D eigenvalue weighted by molar-refractivity contribution is 5.95. The molecule has 7 heteroatoms. The normalized spacial score (nSPS) is 10.7. The Morgan fingerprint density at radius 1 is 1.29 bits per heavy atom. The van der Waals surface area contributed by atoms with Crippen LogP contribution in [0.4, 0.5) is 0 Å². The second-order valence-electron chi connectivity index (χ2n) is 6.45. The SMILES string of the molecule is CCCOc1ccc(C(=O)NCc2ccco2)cc1-c1nc(C)c(C)c(=O)[nH]1. The summed E-state index contributed by atoms with van der Waals surface area (Å²) in [6.07, 6.45) is 2.39. The van der Waals surface area contributed by atoms with Crippen LogP contribution in [0.5, 0.6) is 5.75 Å². The van der Waals surface area contributed by atoms with Crippen LogP contribution in [0.1, 0.15) is 40.7 Å². The third-order valence-electron chi connectivity index (χ3n) is 4.36. The van der Waals surface area contributed by atoms with Crippen LogP contribution in [0.3, 0.4) is 0 Å². The van der Waals surface area contributed by atoms with E-state index in [0.717, 1.165) is 6.42 Å². The summed E-state index contributed by atoms with van der Waals surface area (Å²) in [5.74, 6) is 1.35. The van der Waals surface area contributed by atoms with Gasteiger partial charge < -0.3 is 19.5 Å². The third kappa shape index (κ3) is 4.31. The Hall–Kier alpha value is -3.35. The zero-order chi connectivity index (χ0) is 20.1. The van der Waals surface area contributed by atoms with Gasteiger partial charge >= 0.3 is 0 Å². The molecular formula is C21H23N3O4. The van der Waals surface area contributed by atoms with Crippen molar-refractivity contribution < 1.29 is 13.9 Å². The minimum atomic E-state index is -0.258. The fourth-order valence-corrected chi connectivity index (χ4v) is 2.65. The van der Waals surface area contributed by atoms with Gasteiger partial charge in [-0.2, -0.15) is 0 Å².